The Balaban J connectivity index is 2.25. The fourth-order valence-electron chi connectivity index (χ4n) is 6.09. The number of ether oxygens (including phenoxy) is 2. The molecule has 2 aliphatic rings. The van der Waals surface area contributed by atoms with Crippen LogP contribution in [0.4, 0.5) is 4.39 Å². The third kappa shape index (κ3) is 10.2. The minimum atomic E-state index is -2.05. The van der Waals surface area contributed by atoms with Gasteiger partial charge in [-0.25, -0.2) is 4.39 Å². The molecule has 0 aromatic carbocycles. The van der Waals surface area contributed by atoms with Crippen molar-refractivity contribution in [2.24, 2.45) is 11.8 Å². The number of unbranched alkanes of at least 4 members (excludes halogenated alkanes) is 2. The second kappa shape index (κ2) is 15.8. The Hall–Kier alpha value is 0.444. The van der Waals surface area contributed by atoms with E-state index in [4.69, 9.17) is 18.3 Å². The highest BCUT2D eigenvalue weighted by molar-refractivity contribution is 14.1. The highest BCUT2D eigenvalue weighted by atomic mass is 127. The summed E-state index contributed by atoms with van der Waals surface area (Å²) in [5, 5.41) is 0.247. The van der Waals surface area contributed by atoms with Crippen LogP contribution >= 0.6 is 22.6 Å². The first kappa shape index (κ1) is 38.6. The zero-order valence-electron chi connectivity index (χ0n) is 29.0. The van der Waals surface area contributed by atoms with Crippen molar-refractivity contribution in [2.75, 3.05) is 7.11 Å². The van der Waals surface area contributed by atoms with Gasteiger partial charge in [0.25, 0.3) is 0 Å². The fourth-order valence-corrected chi connectivity index (χ4v) is 9.90. The molecule has 0 aromatic heterocycles. The van der Waals surface area contributed by atoms with E-state index in [-0.39, 0.29) is 50.1 Å². The van der Waals surface area contributed by atoms with Gasteiger partial charge in [-0.15, -0.1) is 0 Å². The van der Waals surface area contributed by atoms with Gasteiger partial charge >= 0.3 is 5.97 Å². The zero-order valence-corrected chi connectivity index (χ0v) is 33.1. The van der Waals surface area contributed by atoms with E-state index >= 15 is 4.39 Å². The van der Waals surface area contributed by atoms with Crippen molar-refractivity contribution in [3.8, 4) is 0 Å². The zero-order chi connectivity index (χ0) is 32.1. The third-order valence-electron chi connectivity index (χ3n) is 10.8. The fraction of sp³-hybridized carbons (Fsp3) is 0.970. The van der Waals surface area contributed by atoms with Crippen LogP contribution in [0.5, 0.6) is 0 Å². The van der Waals surface area contributed by atoms with E-state index < -0.39 is 28.9 Å². The summed E-state index contributed by atoms with van der Waals surface area (Å²) in [4.78, 5) is 11.6. The number of fused-ring (bicyclic) bond motifs is 1. The maximum atomic E-state index is 16.4. The molecule has 2 rings (SSSR count). The molecule has 1 aliphatic carbocycles. The molecule has 1 aliphatic heterocycles. The molecule has 248 valence electrons. The van der Waals surface area contributed by atoms with Crippen LogP contribution in [0.25, 0.3) is 0 Å². The SMILES string of the molecule is CCCCC[C@@H](CC[C@@H]1[C@H]2[C@H](F)[C@@H]([C@@H](I)CCCC(=O)OC)O[C@@H]2C[C@H]1O[Si](C)(C)C(C)(C)C)O[Si](C)(C)C(C)(C)C. The van der Waals surface area contributed by atoms with E-state index in [9.17, 15) is 4.79 Å². The van der Waals surface area contributed by atoms with Crippen molar-refractivity contribution < 1.29 is 27.5 Å². The second-order valence-electron chi connectivity index (χ2n) is 16.0. The summed E-state index contributed by atoms with van der Waals surface area (Å²) in [6.45, 7) is 25.3. The van der Waals surface area contributed by atoms with Crippen molar-refractivity contribution in [1.29, 1.82) is 0 Å². The average molecular weight is 743 g/mol. The smallest absolute Gasteiger partial charge is 0.305 e. The van der Waals surface area contributed by atoms with E-state index in [1.807, 2.05) is 0 Å². The maximum absolute atomic E-state index is 16.4. The number of esters is 1. The molecular weight excluding hydrogens is 678 g/mol. The van der Waals surface area contributed by atoms with Crippen LogP contribution in [0, 0.1) is 11.8 Å². The van der Waals surface area contributed by atoms with Crippen LogP contribution in [0.1, 0.15) is 113 Å². The van der Waals surface area contributed by atoms with Gasteiger partial charge in [0.2, 0.25) is 0 Å². The number of rotatable bonds is 16. The van der Waals surface area contributed by atoms with Gasteiger partial charge < -0.3 is 18.3 Å². The predicted octanol–water partition coefficient (Wildman–Crippen LogP) is 10.0. The van der Waals surface area contributed by atoms with E-state index in [2.05, 4.69) is 97.2 Å². The number of halogens is 2. The van der Waals surface area contributed by atoms with Crippen LogP contribution in [0.15, 0.2) is 0 Å². The summed E-state index contributed by atoms with van der Waals surface area (Å²) in [5.74, 6) is -0.231. The summed E-state index contributed by atoms with van der Waals surface area (Å²) < 4.78 is 41.9. The molecule has 0 bridgehead atoms. The maximum Gasteiger partial charge on any atom is 0.305 e. The highest BCUT2D eigenvalue weighted by Crippen LogP contribution is 2.52. The molecule has 0 N–H and O–H groups in total. The quantitative estimate of drug-likeness (QED) is 0.0518. The van der Waals surface area contributed by atoms with Gasteiger partial charge in [-0.3, -0.25) is 4.79 Å². The standard InChI is InChI=1S/C33H64FIO5Si2/c1-13-14-15-17-23(39-41(9,10)32(2,3)4)20-21-24-26(40-42(11,12)33(5,6)7)22-27-29(24)30(34)31(38-27)25(35)18-16-19-28(36)37-8/h23-27,29-31H,13-22H2,1-12H3/t23-,24-,25-,26+,27+,29+,30-,31+/m0/s1. The number of carbonyl (C=O) groups is 1. The third-order valence-corrected chi connectivity index (χ3v) is 21.2. The molecular formula is C33H64FIO5Si2. The lowest BCUT2D eigenvalue weighted by molar-refractivity contribution is -0.140. The van der Waals surface area contributed by atoms with Gasteiger partial charge in [-0.05, 0) is 80.7 Å². The van der Waals surface area contributed by atoms with E-state index in [0.29, 0.717) is 12.8 Å². The monoisotopic (exact) mass is 742 g/mol. The Morgan fingerprint density at radius 1 is 0.976 bits per heavy atom. The van der Waals surface area contributed by atoms with Gasteiger partial charge in [0.05, 0.1) is 19.3 Å². The molecule has 0 aromatic rings. The number of hydrogen-bond donors (Lipinski definition) is 0. The van der Waals surface area contributed by atoms with Gasteiger partial charge in [0, 0.05) is 22.4 Å². The number of methoxy groups -OCH3 is 1. The Bertz CT molecular complexity index is 843. The van der Waals surface area contributed by atoms with Crippen molar-refractivity contribution in [3.05, 3.63) is 0 Å². The van der Waals surface area contributed by atoms with Crippen LogP contribution in [-0.2, 0) is 23.1 Å². The molecule has 2 fully saturated rings. The predicted molar refractivity (Wildman–Crippen MR) is 186 cm³/mol. The van der Waals surface area contributed by atoms with Crippen molar-refractivity contribution >= 4 is 45.2 Å². The Labute approximate surface area is 273 Å². The van der Waals surface area contributed by atoms with E-state index in [1.54, 1.807) is 0 Å². The van der Waals surface area contributed by atoms with E-state index in [0.717, 1.165) is 32.1 Å². The molecule has 5 nitrogen and oxygen atoms in total. The van der Waals surface area contributed by atoms with Gasteiger partial charge in [0.1, 0.15) is 12.3 Å². The number of hydrogen-bond acceptors (Lipinski definition) is 5. The normalized spacial score (nSPS) is 28.5. The summed E-state index contributed by atoms with van der Waals surface area (Å²) in [6.07, 6.45) is 7.77. The van der Waals surface area contributed by atoms with Crippen molar-refractivity contribution in [2.45, 2.75) is 183 Å². The van der Waals surface area contributed by atoms with Gasteiger partial charge in [-0.1, -0.05) is 90.3 Å². The first-order chi connectivity index (χ1) is 19.3. The number of alkyl halides is 2. The molecule has 0 radical (unpaired) electrons. The summed E-state index contributed by atoms with van der Waals surface area (Å²) in [6, 6.07) is 0. The lowest BCUT2D eigenvalue weighted by atomic mass is 9.84. The average Bonchev–Trinajstić information content (AvgIpc) is 3.35. The molecule has 0 unspecified atom stereocenters. The lowest BCUT2D eigenvalue weighted by Crippen LogP contribution is -2.46. The molecule has 42 heavy (non-hydrogen) atoms. The van der Waals surface area contributed by atoms with Crippen LogP contribution < -0.4 is 0 Å². The topological polar surface area (TPSA) is 54.0 Å². The van der Waals surface area contributed by atoms with Gasteiger partial charge in [0.15, 0.2) is 16.6 Å². The van der Waals surface area contributed by atoms with Gasteiger partial charge in [-0.2, -0.15) is 0 Å². The first-order valence-corrected chi connectivity index (χ1v) is 23.7. The first-order valence-electron chi connectivity index (χ1n) is 16.6. The molecule has 0 amide bonds. The number of carbonyl (C=O) groups excluding carboxylic acids is 1. The van der Waals surface area contributed by atoms with E-state index in [1.165, 1.54) is 26.4 Å². The van der Waals surface area contributed by atoms with Crippen molar-refractivity contribution in [3.63, 3.8) is 0 Å². The highest BCUT2D eigenvalue weighted by Gasteiger charge is 2.58. The Kier molecular flexibility index (Phi) is 14.6. The summed E-state index contributed by atoms with van der Waals surface area (Å²) in [5.41, 5.74) is 0. The Morgan fingerprint density at radius 3 is 2.14 bits per heavy atom. The molecule has 8 atom stereocenters. The summed E-state index contributed by atoms with van der Waals surface area (Å²) in [7, 11) is -2.56. The molecule has 0 spiro atoms. The summed E-state index contributed by atoms with van der Waals surface area (Å²) >= 11 is 2.34. The van der Waals surface area contributed by atoms with Crippen LogP contribution in [0.3, 0.4) is 0 Å². The second-order valence-corrected chi connectivity index (χ2v) is 27.1. The molecule has 9 heteroatoms. The lowest BCUT2D eigenvalue weighted by Gasteiger charge is -2.42. The Morgan fingerprint density at radius 2 is 1.60 bits per heavy atom. The largest absolute Gasteiger partial charge is 0.469 e. The minimum absolute atomic E-state index is 0.0243. The van der Waals surface area contributed by atoms with Crippen LogP contribution in [0.2, 0.25) is 36.3 Å². The van der Waals surface area contributed by atoms with Crippen molar-refractivity contribution in [1.82, 2.24) is 0 Å². The van der Waals surface area contributed by atoms with Crippen LogP contribution in [-0.4, -0.2) is 64.2 Å². The molecule has 1 saturated carbocycles. The molecule has 1 saturated heterocycles. The molecule has 1 heterocycles. The minimum Gasteiger partial charge on any atom is -0.469 e.